The lowest BCUT2D eigenvalue weighted by Crippen LogP contribution is -2.52. The molecule has 1 aromatic rings. The molecule has 0 bridgehead atoms. The van der Waals surface area contributed by atoms with Gasteiger partial charge in [-0.1, -0.05) is 57.0 Å². The number of rotatable bonds is 5. The Bertz CT molecular complexity index is 436. The Balaban J connectivity index is 1.98. The van der Waals surface area contributed by atoms with Gasteiger partial charge in [-0.05, 0) is 24.3 Å². The summed E-state index contributed by atoms with van der Waals surface area (Å²) in [4.78, 5) is 12.3. The first-order valence-corrected chi connectivity index (χ1v) is 7.65. The zero-order chi connectivity index (χ0) is 14.6. The molecule has 0 heterocycles. The van der Waals surface area contributed by atoms with Gasteiger partial charge in [-0.3, -0.25) is 4.79 Å². The Kier molecular flexibility index (Phi) is 4.81. The summed E-state index contributed by atoms with van der Waals surface area (Å²) in [7, 11) is 0. The quantitative estimate of drug-likeness (QED) is 0.867. The van der Waals surface area contributed by atoms with Gasteiger partial charge in [0.05, 0.1) is 5.54 Å². The lowest BCUT2D eigenvalue weighted by atomic mass is 9.88. The van der Waals surface area contributed by atoms with Gasteiger partial charge >= 0.3 is 0 Å². The van der Waals surface area contributed by atoms with Crippen molar-refractivity contribution in [1.82, 2.24) is 5.32 Å². The number of nitrogens with two attached hydrogens (primary N) is 1. The second kappa shape index (κ2) is 6.40. The normalized spacial score (nSPS) is 19.0. The van der Waals surface area contributed by atoms with Gasteiger partial charge < -0.3 is 11.1 Å². The maximum Gasteiger partial charge on any atom is 0.240 e. The molecule has 1 aromatic carbocycles. The molecular weight excluding hydrogens is 248 g/mol. The van der Waals surface area contributed by atoms with Crippen LogP contribution in [0.2, 0.25) is 0 Å². The van der Waals surface area contributed by atoms with Crippen LogP contribution in [-0.4, -0.2) is 18.0 Å². The number of amides is 1. The van der Waals surface area contributed by atoms with E-state index in [1.165, 1.54) is 5.56 Å². The van der Waals surface area contributed by atoms with Crippen molar-refractivity contribution in [2.45, 2.75) is 51.0 Å². The number of nitrogens with one attached hydrogen (secondary N) is 1. The van der Waals surface area contributed by atoms with Crippen LogP contribution in [0.25, 0.3) is 0 Å². The Hall–Kier alpha value is -1.35. The standard InChI is InChI=1S/C17H26N2O/c1-13(2)15(14-8-4-3-5-9-14)12-19-16(20)17(18)10-6-7-11-17/h3-5,8-9,13,15H,6-7,10-12,18H2,1-2H3,(H,19,20). The predicted octanol–water partition coefficient (Wildman–Crippen LogP) is 2.81. The molecule has 1 atom stereocenters. The van der Waals surface area contributed by atoms with E-state index in [4.69, 9.17) is 5.73 Å². The summed E-state index contributed by atoms with van der Waals surface area (Å²) in [6.45, 7) is 5.05. The van der Waals surface area contributed by atoms with Crippen LogP contribution in [0.4, 0.5) is 0 Å². The molecular formula is C17H26N2O. The molecule has 3 heteroatoms. The summed E-state index contributed by atoms with van der Waals surface area (Å²) in [5.74, 6) is 0.844. The van der Waals surface area contributed by atoms with Crippen LogP contribution in [0.3, 0.4) is 0 Å². The van der Waals surface area contributed by atoms with Crippen molar-refractivity contribution < 1.29 is 4.79 Å². The maximum atomic E-state index is 12.3. The second-order valence-corrected chi connectivity index (χ2v) is 6.33. The van der Waals surface area contributed by atoms with Crippen molar-refractivity contribution >= 4 is 5.91 Å². The van der Waals surface area contributed by atoms with Gasteiger partial charge in [-0.2, -0.15) is 0 Å². The number of carbonyl (C=O) groups excluding carboxylic acids is 1. The average molecular weight is 274 g/mol. The summed E-state index contributed by atoms with van der Waals surface area (Å²) in [5, 5.41) is 3.08. The van der Waals surface area contributed by atoms with E-state index in [1.807, 2.05) is 18.2 Å². The van der Waals surface area contributed by atoms with E-state index in [9.17, 15) is 4.79 Å². The third-order valence-electron chi connectivity index (χ3n) is 4.46. The average Bonchev–Trinajstić information content (AvgIpc) is 2.88. The molecule has 1 unspecified atom stereocenters. The molecule has 2 rings (SSSR count). The fourth-order valence-corrected chi connectivity index (χ4v) is 3.05. The second-order valence-electron chi connectivity index (χ2n) is 6.33. The van der Waals surface area contributed by atoms with E-state index in [1.54, 1.807) is 0 Å². The van der Waals surface area contributed by atoms with Gasteiger partial charge in [0.25, 0.3) is 0 Å². The molecule has 1 aliphatic carbocycles. The molecule has 0 aliphatic heterocycles. The number of carbonyl (C=O) groups is 1. The van der Waals surface area contributed by atoms with Crippen LogP contribution in [0.15, 0.2) is 30.3 Å². The maximum absolute atomic E-state index is 12.3. The highest BCUT2D eigenvalue weighted by molar-refractivity contribution is 5.86. The van der Waals surface area contributed by atoms with Gasteiger partial charge in [-0.25, -0.2) is 0 Å². The highest BCUT2D eigenvalue weighted by atomic mass is 16.2. The van der Waals surface area contributed by atoms with Gasteiger partial charge in [0, 0.05) is 12.5 Å². The molecule has 1 fully saturated rings. The Morgan fingerprint density at radius 1 is 1.25 bits per heavy atom. The third-order valence-corrected chi connectivity index (χ3v) is 4.46. The Labute approximate surface area is 121 Å². The Morgan fingerprint density at radius 3 is 2.40 bits per heavy atom. The highest BCUT2D eigenvalue weighted by Crippen LogP contribution is 2.28. The SMILES string of the molecule is CC(C)C(CNC(=O)C1(N)CCCC1)c1ccccc1. The van der Waals surface area contributed by atoms with E-state index >= 15 is 0 Å². The van der Waals surface area contributed by atoms with Gasteiger partial charge in [0.2, 0.25) is 5.91 Å². The Morgan fingerprint density at radius 2 is 1.85 bits per heavy atom. The minimum Gasteiger partial charge on any atom is -0.354 e. The molecule has 0 saturated heterocycles. The van der Waals surface area contributed by atoms with Gasteiger partial charge in [0.1, 0.15) is 0 Å². The highest BCUT2D eigenvalue weighted by Gasteiger charge is 2.37. The molecule has 1 amide bonds. The van der Waals surface area contributed by atoms with Crippen LogP contribution in [0.1, 0.15) is 51.0 Å². The molecule has 1 aliphatic rings. The van der Waals surface area contributed by atoms with E-state index < -0.39 is 5.54 Å². The number of hydrogen-bond acceptors (Lipinski definition) is 2. The molecule has 3 nitrogen and oxygen atoms in total. The van der Waals surface area contributed by atoms with Crippen LogP contribution in [-0.2, 0) is 4.79 Å². The van der Waals surface area contributed by atoms with Gasteiger partial charge in [-0.15, -0.1) is 0 Å². The fraction of sp³-hybridized carbons (Fsp3) is 0.588. The van der Waals surface area contributed by atoms with Crippen molar-refractivity contribution in [2.24, 2.45) is 11.7 Å². The van der Waals surface area contributed by atoms with Crippen molar-refractivity contribution in [3.8, 4) is 0 Å². The van der Waals surface area contributed by atoms with Crippen LogP contribution < -0.4 is 11.1 Å². The molecule has 110 valence electrons. The first-order valence-electron chi connectivity index (χ1n) is 7.65. The molecule has 0 spiro atoms. The predicted molar refractivity (Wildman–Crippen MR) is 82.4 cm³/mol. The van der Waals surface area contributed by atoms with Crippen LogP contribution >= 0.6 is 0 Å². The van der Waals surface area contributed by atoms with Crippen molar-refractivity contribution in [3.63, 3.8) is 0 Å². The van der Waals surface area contributed by atoms with E-state index in [0.717, 1.165) is 25.7 Å². The number of benzene rings is 1. The third kappa shape index (κ3) is 3.40. The first-order chi connectivity index (χ1) is 9.53. The van der Waals surface area contributed by atoms with Crippen LogP contribution in [0.5, 0.6) is 0 Å². The molecule has 0 radical (unpaired) electrons. The summed E-state index contributed by atoms with van der Waals surface area (Å²) >= 11 is 0. The van der Waals surface area contributed by atoms with Crippen molar-refractivity contribution in [3.05, 3.63) is 35.9 Å². The zero-order valence-electron chi connectivity index (χ0n) is 12.6. The van der Waals surface area contributed by atoms with E-state index in [2.05, 4.69) is 31.3 Å². The van der Waals surface area contributed by atoms with Gasteiger partial charge in [0.15, 0.2) is 0 Å². The van der Waals surface area contributed by atoms with Crippen molar-refractivity contribution in [2.75, 3.05) is 6.54 Å². The summed E-state index contributed by atoms with van der Waals surface area (Å²) in [5.41, 5.74) is 6.84. The van der Waals surface area contributed by atoms with Crippen molar-refractivity contribution in [1.29, 1.82) is 0 Å². The minimum atomic E-state index is -0.627. The molecule has 20 heavy (non-hydrogen) atoms. The fourth-order valence-electron chi connectivity index (χ4n) is 3.05. The minimum absolute atomic E-state index is 0.0246. The summed E-state index contributed by atoms with van der Waals surface area (Å²) < 4.78 is 0. The summed E-state index contributed by atoms with van der Waals surface area (Å²) in [6, 6.07) is 10.4. The molecule has 0 aromatic heterocycles. The molecule has 1 saturated carbocycles. The number of hydrogen-bond donors (Lipinski definition) is 2. The largest absolute Gasteiger partial charge is 0.354 e. The van der Waals surface area contributed by atoms with E-state index in [-0.39, 0.29) is 5.91 Å². The topological polar surface area (TPSA) is 55.1 Å². The first kappa shape index (κ1) is 15.0. The zero-order valence-corrected chi connectivity index (χ0v) is 12.6. The van der Waals surface area contributed by atoms with Crippen LogP contribution in [0, 0.1) is 5.92 Å². The molecule has 3 N–H and O–H groups in total. The smallest absolute Gasteiger partial charge is 0.240 e. The monoisotopic (exact) mass is 274 g/mol. The lowest BCUT2D eigenvalue weighted by molar-refractivity contribution is -0.126. The lowest BCUT2D eigenvalue weighted by Gasteiger charge is -2.26. The summed E-state index contributed by atoms with van der Waals surface area (Å²) in [6.07, 6.45) is 3.76. The van der Waals surface area contributed by atoms with E-state index in [0.29, 0.717) is 18.4 Å².